The van der Waals surface area contributed by atoms with E-state index in [2.05, 4.69) is 9.97 Å². The summed E-state index contributed by atoms with van der Waals surface area (Å²) in [4.78, 5) is 19.2. The molecule has 2 heterocycles. The molecule has 110 valence electrons. The Balaban J connectivity index is 1.92. The summed E-state index contributed by atoms with van der Waals surface area (Å²) in [6.45, 7) is 0.649. The monoisotopic (exact) mass is 310 g/mol. The molecule has 0 saturated carbocycles. The van der Waals surface area contributed by atoms with Gasteiger partial charge in [-0.05, 0) is 17.2 Å². The summed E-state index contributed by atoms with van der Waals surface area (Å²) in [7, 11) is 0. The Bertz CT molecular complexity index is 775. The highest BCUT2D eigenvalue weighted by molar-refractivity contribution is 7.10. The van der Waals surface area contributed by atoms with Crippen molar-refractivity contribution in [1.29, 1.82) is 0 Å². The van der Waals surface area contributed by atoms with Gasteiger partial charge in [0.05, 0.1) is 18.8 Å². The number of carbonyl (C=O) groups excluding carboxylic acids is 1. The Morgan fingerprint density at radius 3 is 2.68 bits per heavy atom. The Kier molecular flexibility index (Phi) is 4.11. The zero-order chi connectivity index (χ0) is 15.4. The van der Waals surface area contributed by atoms with E-state index in [-0.39, 0.29) is 5.56 Å². The van der Waals surface area contributed by atoms with Crippen LogP contribution in [0.2, 0.25) is 0 Å². The van der Waals surface area contributed by atoms with Gasteiger partial charge >= 0.3 is 0 Å². The highest BCUT2D eigenvalue weighted by Gasteiger charge is 2.06. The summed E-state index contributed by atoms with van der Waals surface area (Å²) < 4.78 is 1.96. The van der Waals surface area contributed by atoms with E-state index in [4.69, 9.17) is 0 Å². The maximum absolute atomic E-state index is 10.8. The summed E-state index contributed by atoms with van der Waals surface area (Å²) >= 11 is 1.56. The van der Waals surface area contributed by atoms with Gasteiger partial charge in [-0.1, -0.05) is 24.3 Å². The van der Waals surface area contributed by atoms with Gasteiger partial charge in [0.15, 0.2) is 0 Å². The minimum absolute atomic E-state index is 0.169. The quantitative estimate of drug-likeness (QED) is 0.722. The molecule has 2 aromatic heterocycles. The first-order valence-electron chi connectivity index (χ1n) is 6.60. The average molecular weight is 310 g/mol. The van der Waals surface area contributed by atoms with E-state index < -0.39 is 5.97 Å². The first-order chi connectivity index (χ1) is 10.7. The van der Waals surface area contributed by atoms with Gasteiger partial charge in [0, 0.05) is 29.5 Å². The van der Waals surface area contributed by atoms with Gasteiger partial charge in [-0.15, -0.1) is 11.3 Å². The summed E-state index contributed by atoms with van der Waals surface area (Å²) in [5, 5.41) is 13.6. The molecule has 0 radical (unpaired) electrons. The van der Waals surface area contributed by atoms with E-state index in [1.165, 1.54) is 12.1 Å². The molecule has 0 aliphatic heterocycles. The fraction of sp³-hybridized carbons (Fsp3) is 0.0625. The standard InChI is InChI=1S/C16H13N3O2S/c20-16(21)13-3-1-12(2-4-13)9-14(15-18-6-8-22-15)10-19-7-5-17-11-19/h1-9,11H,10H2,(H,20,21)/p-1. The first-order valence-corrected chi connectivity index (χ1v) is 7.48. The average Bonchev–Trinajstić information content (AvgIpc) is 3.20. The third-order valence-electron chi connectivity index (χ3n) is 3.11. The van der Waals surface area contributed by atoms with Crippen molar-refractivity contribution in [2.24, 2.45) is 0 Å². The van der Waals surface area contributed by atoms with E-state index in [1.807, 2.05) is 22.2 Å². The fourth-order valence-corrected chi connectivity index (χ4v) is 2.70. The Morgan fingerprint density at radius 1 is 1.27 bits per heavy atom. The topological polar surface area (TPSA) is 70.8 Å². The highest BCUT2D eigenvalue weighted by atomic mass is 32.1. The molecule has 0 atom stereocenters. The Labute approximate surface area is 131 Å². The van der Waals surface area contributed by atoms with Crippen LogP contribution >= 0.6 is 11.3 Å². The van der Waals surface area contributed by atoms with Crippen molar-refractivity contribution in [3.8, 4) is 0 Å². The molecule has 0 spiro atoms. The number of benzene rings is 1. The van der Waals surface area contributed by atoms with Crippen LogP contribution in [0.1, 0.15) is 20.9 Å². The summed E-state index contributed by atoms with van der Waals surface area (Å²) in [6, 6.07) is 6.59. The van der Waals surface area contributed by atoms with E-state index >= 15 is 0 Å². The second kappa shape index (κ2) is 6.36. The zero-order valence-electron chi connectivity index (χ0n) is 11.5. The van der Waals surface area contributed by atoms with Gasteiger partial charge in [0.25, 0.3) is 0 Å². The van der Waals surface area contributed by atoms with Crippen LogP contribution in [0, 0.1) is 0 Å². The lowest BCUT2D eigenvalue weighted by atomic mass is 10.1. The van der Waals surface area contributed by atoms with E-state index in [9.17, 15) is 9.90 Å². The SMILES string of the molecule is O=C([O-])c1ccc(C=C(Cn2ccnc2)c2nccs2)cc1. The maximum atomic E-state index is 10.8. The van der Waals surface area contributed by atoms with Crippen LogP contribution in [0.15, 0.2) is 54.6 Å². The molecule has 0 bridgehead atoms. The lowest BCUT2D eigenvalue weighted by Gasteiger charge is -2.07. The Morgan fingerprint density at radius 2 is 2.09 bits per heavy atom. The molecule has 0 aliphatic rings. The number of hydrogen-bond donors (Lipinski definition) is 0. The van der Waals surface area contributed by atoms with Crippen molar-refractivity contribution in [2.45, 2.75) is 6.54 Å². The van der Waals surface area contributed by atoms with Gasteiger partial charge < -0.3 is 14.5 Å². The number of thiazole rings is 1. The molecule has 3 rings (SSSR count). The summed E-state index contributed by atoms with van der Waals surface area (Å²) in [6.07, 6.45) is 9.13. The molecular formula is C16H12N3O2S-. The summed E-state index contributed by atoms with van der Waals surface area (Å²) in [5.41, 5.74) is 2.12. The van der Waals surface area contributed by atoms with E-state index in [0.717, 1.165) is 16.1 Å². The molecule has 0 fully saturated rings. The van der Waals surface area contributed by atoms with Crippen LogP contribution in [-0.4, -0.2) is 20.5 Å². The van der Waals surface area contributed by atoms with Crippen LogP contribution in [0.3, 0.4) is 0 Å². The number of rotatable bonds is 5. The minimum atomic E-state index is -1.17. The molecule has 6 heteroatoms. The molecule has 0 aliphatic carbocycles. The van der Waals surface area contributed by atoms with Crippen LogP contribution < -0.4 is 5.11 Å². The van der Waals surface area contributed by atoms with E-state index in [0.29, 0.717) is 6.54 Å². The second-order valence-corrected chi connectivity index (χ2v) is 5.55. The molecule has 0 N–H and O–H groups in total. The minimum Gasteiger partial charge on any atom is -0.545 e. The lowest BCUT2D eigenvalue weighted by Crippen LogP contribution is -2.21. The number of nitrogens with zero attached hydrogens (tertiary/aromatic N) is 3. The van der Waals surface area contributed by atoms with Crippen molar-refractivity contribution < 1.29 is 9.90 Å². The number of imidazole rings is 1. The first kappa shape index (κ1) is 14.2. The smallest absolute Gasteiger partial charge is 0.121 e. The fourth-order valence-electron chi connectivity index (χ4n) is 2.05. The van der Waals surface area contributed by atoms with Crippen molar-refractivity contribution in [3.63, 3.8) is 0 Å². The number of carboxylic acids is 1. The third kappa shape index (κ3) is 3.29. The van der Waals surface area contributed by atoms with Crippen LogP contribution in [-0.2, 0) is 6.54 Å². The Hall–Kier alpha value is -2.73. The van der Waals surface area contributed by atoms with Gasteiger partial charge in [0.2, 0.25) is 0 Å². The van der Waals surface area contributed by atoms with Crippen molar-refractivity contribution in [2.75, 3.05) is 0 Å². The number of carboxylic acid groups (broad SMARTS) is 1. The van der Waals surface area contributed by atoms with Crippen LogP contribution in [0.25, 0.3) is 11.6 Å². The summed E-state index contributed by atoms with van der Waals surface area (Å²) in [5.74, 6) is -1.17. The predicted molar refractivity (Wildman–Crippen MR) is 83.0 cm³/mol. The van der Waals surface area contributed by atoms with Gasteiger partial charge in [0.1, 0.15) is 5.01 Å². The third-order valence-corrected chi connectivity index (χ3v) is 3.96. The van der Waals surface area contributed by atoms with E-state index in [1.54, 1.807) is 42.2 Å². The largest absolute Gasteiger partial charge is 0.545 e. The molecule has 0 unspecified atom stereocenters. The van der Waals surface area contributed by atoms with Crippen molar-refractivity contribution in [3.05, 3.63) is 70.7 Å². The lowest BCUT2D eigenvalue weighted by molar-refractivity contribution is -0.255. The molecule has 3 aromatic rings. The van der Waals surface area contributed by atoms with Gasteiger partial charge in [-0.25, -0.2) is 9.97 Å². The molecular weight excluding hydrogens is 298 g/mol. The van der Waals surface area contributed by atoms with Crippen molar-refractivity contribution in [1.82, 2.24) is 14.5 Å². The molecule has 0 saturated heterocycles. The maximum Gasteiger partial charge on any atom is 0.121 e. The predicted octanol–water partition coefficient (Wildman–Crippen LogP) is 1.94. The van der Waals surface area contributed by atoms with Crippen molar-refractivity contribution >= 4 is 29.0 Å². The molecule has 0 amide bonds. The number of allylic oxidation sites excluding steroid dienone is 1. The second-order valence-electron chi connectivity index (χ2n) is 4.65. The zero-order valence-corrected chi connectivity index (χ0v) is 12.4. The molecule has 22 heavy (non-hydrogen) atoms. The van der Waals surface area contributed by atoms with Gasteiger partial charge in [-0.3, -0.25) is 0 Å². The molecule has 1 aromatic carbocycles. The van der Waals surface area contributed by atoms with Gasteiger partial charge in [-0.2, -0.15) is 0 Å². The number of carbonyl (C=O) groups is 1. The normalized spacial score (nSPS) is 11.5. The van der Waals surface area contributed by atoms with Crippen LogP contribution in [0.4, 0.5) is 0 Å². The number of aromatic nitrogens is 3. The number of hydrogen-bond acceptors (Lipinski definition) is 5. The van der Waals surface area contributed by atoms with Crippen LogP contribution in [0.5, 0.6) is 0 Å². The molecule has 5 nitrogen and oxygen atoms in total. The number of aromatic carboxylic acids is 1. The highest BCUT2D eigenvalue weighted by Crippen LogP contribution is 2.22.